The number of fused-ring (bicyclic) bond motifs is 2. The lowest BCUT2D eigenvalue weighted by atomic mass is 10.1. The molecule has 3 rings (SSSR count). The number of nitrogens with one attached hydrogen (secondary N) is 1. The van der Waals surface area contributed by atoms with Crippen molar-refractivity contribution < 1.29 is 26.0 Å². The van der Waals surface area contributed by atoms with E-state index in [4.69, 9.17) is 0 Å². The lowest BCUT2D eigenvalue weighted by Gasteiger charge is -2.25. The third-order valence-corrected chi connectivity index (χ3v) is 6.27. The van der Waals surface area contributed by atoms with Crippen LogP contribution < -0.4 is 5.32 Å². The number of rotatable bonds is 2. The Morgan fingerprint density at radius 1 is 1.13 bits per heavy atom. The van der Waals surface area contributed by atoms with Gasteiger partial charge in [-0.1, -0.05) is 0 Å². The summed E-state index contributed by atoms with van der Waals surface area (Å²) in [6.45, 7) is 0.290. The molecule has 1 aromatic rings. The van der Waals surface area contributed by atoms with Crippen molar-refractivity contribution in [3.63, 3.8) is 0 Å². The zero-order valence-electron chi connectivity index (χ0n) is 12.1. The molecule has 2 saturated heterocycles. The lowest BCUT2D eigenvalue weighted by Crippen LogP contribution is -2.39. The standard InChI is InChI=1S/C14H16F4N2O2S/c15-9-1-4-13(12(7-9)14(16,17)18)23(21,22)20-6-5-10-2-3-11(8-20)19-10/h1,4,7,10-11,19H,2-3,5-6,8H2. The second-order valence-electron chi connectivity index (χ2n) is 5.93. The van der Waals surface area contributed by atoms with Gasteiger partial charge in [-0.3, -0.25) is 0 Å². The summed E-state index contributed by atoms with van der Waals surface area (Å²) in [6.07, 6.45) is -2.64. The summed E-state index contributed by atoms with van der Waals surface area (Å²) in [5.74, 6) is -1.12. The van der Waals surface area contributed by atoms with E-state index < -0.39 is 32.5 Å². The lowest BCUT2D eigenvalue weighted by molar-refractivity contribution is -0.140. The summed E-state index contributed by atoms with van der Waals surface area (Å²) >= 11 is 0. The maximum atomic E-state index is 13.2. The molecular weight excluding hydrogens is 336 g/mol. The first-order chi connectivity index (χ1) is 10.7. The summed E-state index contributed by atoms with van der Waals surface area (Å²) in [5.41, 5.74) is -1.46. The number of alkyl halides is 3. The molecule has 2 unspecified atom stereocenters. The number of benzene rings is 1. The van der Waals surface area contributed by atoms with Crippen molar-refractivity contribution in [2.75, 3.05) is 13.1 Å². The summed E-state index contributed by atoms with van der Waals surface area (Å²) in [5, 5.41) is 3.27. The maximum Gasteiger partial charge on any atom is 0.417 e. The predicted octanol–water partition coefficient (Wildman–Crippen LogP) is 2.36. The van der Waals surface area contributed by atoms with Crippen molar-refractivity contribution in [1.29, 1.82) is 0 Å². The van der Waals surface area contributed by atoms with Crippen LogP contribution in [0.15, 0.2) is 23.1 Å². The van der Waals surface area contributed by atoms with Crippen molar-refractivity contribution in [2.24, 2.45) is 0 Å². The molecule has 0 spiro atoms. The molecule has 2 aliphatic heterocycles. The van der Waals surface area contributed by atoms with Crippen molar-refractivity contribution in [3.8, 4) is 0 Å². The molecule has 2 atom stereocenters. The van der Waals surface area contributed by atoms with Gasteiger partial charge in [0.25, 0.3) is 0 Å². The Morgan fingerprint density at radius 2 is 1.83 bits per heavy atom. The maximum absolute atomic E-state index is 13.2. The zero-order chi connectivity index (χ0) is 16.8. The minimum Gasteiger partial charge on any atom is -0.310 e. The highest BCUT2D eigenvalue weighted by Gasteiger charge is 2.41. The van der Waals surface area contributed by atoms with Gasteiger partial charge in [0, 0.05) is 25.2 Å². The van der Waals surface area contributed by atoms with Crippen LogP contribution in [-0.4, -0.2) is 37.9 Å². The molecule has 9 heteroatoms. The fourth-order valence-electron chi connectivity index (χ4n) is 3.22. The highest BCUT2D eigenvalue weighted by Crippen LogP contribution is 2.36. The Bertz CT molecular complexity index is 705. The van der Waals surface area contributed by atoms with Gasteiger partial charge in [0.2, 0.25) is 10.0 Å². The van der Waals surface area contributed by atoms with Gasteiger partial charge in [0.05, 0.1) is 10.5 Å². The van der Waals surface area contributed by atoms with E-state index in [1.54, 1.807) is 0 Å². The van der Waals surface area contributed by atoms with E-state index in [0.29, 0.717) is 12.5 Å². The Morgan fingerprint density at radius 3 is 2.52 bits per heavy atom. The van der Waals surface area contributed by atoms with Crippen LogP contribution in [0.25, 0.3) is 0 Å². The molecule has 0 amide bonds. The Balaban J connectivity index is 2.00. The van der Waals surface area contributed by atoms with E-state index in [2.05, 4.69) is 5.32 Å². The largest absolute Gasteiger partial charge is 0.417 e. The first-order valence-electron chi connectivity index (χ1n) is 7.31. The molecule has 1 aromatic carbocycles. The van der Waals surface area contributed by atoms with Crippen LogP contribution in [0.4, 0.5) is 17.6 Å². The number of sulfonamides is 1. The first-order valence-corrected chi connectivity index (χ1v) is 8.75. The highest BCUT2D eigenvalue weighted by atomic mass is 32.2. The molecule has 4 nitrogen and oxygen atoms in total. The smallest absolute Gasteiger partial charge is 0.310 e. The van der Waals surface area contributed by atoms with Gasteiger partial charge >= 0.3 is 6.18 Å². The van der Waals surface area contributed by atoms with E-state index in [-0.39, 0.29) is 31.2 Å². The SMILES string of the molecule is O=S(=O)(c1ccc(F)cc1C(F)(F)F)N1CCC2CCC(C1)N2. The molecule has 2 bridgehead atoms. The van der Waals surface area contributed by atoms with E-state index >= 15 is 0 Å². The predicted molar refractivity (Wildman–Crippen MR) is 74.7 cm³/mol. The van der Waals surface area contributed by atoms with Crippen LogP contribution >= 0.6 is 0 Å². The number of halogens is 4. The molecule has 2 aliphatic rings. The molecular formula is C14H16F4N2O2S. The van der Waals surface area contributed by atoms with Gasteiger partial charge in [0.1, 0.15) is 5.82 Å². The van der Waals surface area contributed by atoms with E-state index in [9.17, 15) is 26.0 Å². The normalized spacial score (nSPS) is 26.3. The average molecular weight is 352 g/mol. The molecule has 1 N–H and O–H groups in total. The molecule has 0 radical (unpaired) electrons. The van der Waals surface area contributed by atoms with Crippen LogP contribution in [0, 0.1) is 5.82 Å². The van der Waals surface area contributed by atoms with Gasteiger partial charge in [0.15, 0.2) is 0 Å². The summed E-state index contributed by atoms with van der Waals surface area (Å²) in [4.78, 5) is -0.885. The monoisotopic (exact) mass is 352 g/mol. The van der Waals surface area contributed by atoms with Crippen LogP contribution in [0.3, 0.4) is 0 Å². The van der Waals surface area contributed by atoms with Gasteiger partial charge in [-0.25, -0.2) is 12.8 Å². The van der Waals surface area contributed by atoms with Crippen molar-refractivity contribution >= 4 is 10.0 Å². The van der Waals surface area contributed by atoms with Gasteiger partial charge in [-0.15, -0.1) is 0 Å². The Kier molecular flexibility index (Phi) is 4.14. The number of hydrogen-bond donors (Lipinski definition) is 1. The molecule has 128 valence electrons. The fraction of sp³-hybridized carbons (Fsp3) is 0.571. The third-order valence-electron chi connectivity index (χ3n) is 4.35. The zero-order valence-corrected chi connectivity index (χ0v) is 12.9. The number of hydrogen-bond acceptors (Lipinski definition) is 3. The minimum absolute atomic E-state index is 0.0490. The van der Waals surface area contributed by atoms with E-state index in [1.165, 1.54) is 0 Å². The van der Waals surface area contributed by atoms with E-state index in [1.807, 2.05) is 0 Å². The van der Waals surface area contributed by atoms with Gasteiger partial charge in [-0.2, -0.15) is 17.5 Å². The second kappa shape index (κ2) is 5.71. The fourth-order valence-corrected chi connectivity index (χ4v) is 4.91. The molecule has 0 aromatic heterocycles. The minimum atomic E-state index is -4.94. The average Bonchev–Trinajstić information content (AvgIpc) is 2.76. The van der Waals surface area contributed by atoms with Crippen molar-refractivity contribution in [3.05, 3.63) is 29.6 Å². The van der Waals surface area contributed by atoms with Crippen molar-refractivity contribution in [1.82, 2.24) is 9.62 Å². The Hall–Kier alpha value is -1.19. The third kappa shape index (κ3) is 3.22. The van der Waals surface area contributed by atoms with Gasteiger partial charge < -0.3 is 5.32 Å². The van der Waals surface area contributed by atoms with E-state index in [0.717, 1.165) is 23.2 Å². The first kappa shape index (κ1) is 16.7. The quantitative estimate of drug-likeness (QED) is 0.832. The summed E-state index contributed by atoms with van der Waals surface area (Å²) in [6, 6.07) is 1.83. The molecule has 2 fully saturated rings. The van der Waals surface area contributed by atoms with Crippen molar-refractivity contribution in [2.45, 2.75) is 42.4 Å². The van der Waals surface area contributed by atoms with Crippen LogP contribution in [0.1, 0.15) is 24.8 Å². The topological polar surface area (TPSA) is 49.4 Å². The van der Waals surface area contributed by atoms with Crippen LogP contribution in [0.2, 0.25) is 0 Å². The number of nitrogens with zero attached hydrogens (tertiary/aromatic N) is 1. The van der Waals surface area contributed by atoms with Crippen LogP contribution in [-0.2, 0) is 16.2 Å². The Labute approximate surface area is 131 Å². The summed E-state index contributed by atoms with van der Waals surface area (Å²) in [7, 11) is -4.33. The van der Waals surface area contributed by atoms with Crippen LogP contribution in [0.5, 0.6) is 0 Å². The molecule has 2 heterocycles. The highest BCUT2D eigenvalue weighted by molar-refractivity contribution is 7.89. The molecule has 0 saturated carbocycles. The molecule has 23 heavy (non-hydrogen) atoms. The second-order valence-corrected chi connectivity index (χ2v) is 7.83. The van der Waals surface area contributed by atoms with Gasteiger partial charge in [-0.05, 0) is 37.5 Å². The molecule has 0 aliphatic carbocycles. The summed E-state index contributed by atoms with van der Waals surface area (Å²) < 4.78 is 78.9.